The molecule has 9 heteroatoms. The predicted octanol–water partition coefficient (Wildman–Crippen LogP) is 1.65. The summed E-state index contributed by atoms with van der Waals surface area (Å²) in [5.74, 6) is -0.240. The molecule has 0 spiro atoms. The van der Waals surface area contributed by atoms with Crippen molar-refractivity contribution in [1.29, 1.82) is 0 Å². The zero-order valence-electron chi connectivity index (χ0n) is 14.6. The second kappa shape index (κ2) is 8.84. The van der Waals surface area contributed by atoms with Crippen LogP contribution in [0.25, 0.3) is 0 Å². The molecule has 7 nitrogen and oxygen atoms in total. The highest BCUT2D eigenvalue weighted by Gasteiger charge is 2.32. The molecule has 0 saturated carbocycles. The van der Waals surface area contributed by atoms with Gasteiger partial charge in [-0.15, -0.1) is 12.4 Å². The van der Waals surface area contributed by atoms with Crippen molar-refractivity contribution in [2.24, 2.45) is 11.7 Å². The maximum Gasteiger partial charge on any atom is 0.341 e. The fourth-order valence-corrected chi connectivity index (χ4v) is 4.45. The number of piperidine rings is 1. The van der Waals surface area contributed by atoms with Crippen molar-refractivity contribution in [3.63, 3.8) is 0 Å². The number of carbonyl (C=O) groups is 1. The van der Waals surface area contributed by atoms with Crippen molar-refractivity contribution in [1.82, 2.24) is 4.31 Å². The van der Waals surface area contributed by atoms with E-state index in [1.54, 1.807) is 0 Å². The molecule has 1 fully saturated rings. The van der Waals surface area contributed by atoms with Crippen molar-refractivity contribution >= 4 is 28.4 Å². The summed E-state index contributed by atoms with van der Waals surface area (Å²) in [7, 11) is -1.06. The van der Waals surface area contributed by atoms with Gasteiger partial charge in [-0.2, -0.15) is 4.31 Å². The lowest BCUT2D eigenvalue weighted by atomic mass is 9.93. The van der Waals surface area contributed by atoms with Gasteiger partial charge < -0.3 is 15.2 Å². The highest BCUT2D eigenvalue weighted by molar-refractivity contribution is 7.89. The average molecular weight is 393 g/mol. The summed E-state index contributed by atoms with van der Waals surface area (Å²) in [6, 6.07) is 4.14. The molecule has 2 atom stereocenters. The number of carbonyl (C=O) groups excluding carboxylic acids is 1. The van der Waals surface area contributed by atoms with Crippen molar-refractivity contribution < 1.29 is 22.7 Å². The lowest BCUT2D eigenvalue weighted by Gasteiger charge is -2.33. The van der Waals surface area contributed by atoms with E-state index in [9.17, 15) is 13.2 Å². The number of hydrogen-bond acceptors (Lipinski definition) is 6. The smallest absolute Gasteiger partial charge is 0.341 e. The van der Waals surface area contributed by atoms with E-state index in [0.717, 1.165) is 12.8 Å². The number of ether oxygens (including phenoxy) is 2. The zero-order chi connectivity index (χ0) is 17.9. The molecule has 0 aromatic heterocycles. The Morgan fingerprint density at radius 1 is 1.36 bits per heavy atom. The van der Waals surface area contributed by atoms with Gasteiger partial charge in [0.25, 0.3) is 0 Å². The van der Waals surface area contributed by atoms with E-state index in [1.165, 1.54) is 36.7 Å². The van der Waals surface area contributed by atoms with Gasteiger partial charge in [0, 0.05) is 19.1 Å². The summed E-state index contributed by atoms with van der Waals surface area (Å²) in [6.07, 6.45) is 1.69. The van der Waals surface area contributed by atoms with Crippen LogP contribution < -0.4 is 10.5 Å². The summed E-state index contributed by atoms with van der Waals surface area (Å²) in [6.45, 7) is 2.73. The van der Waals surface area contributed by atoms with Crippen LogP contribution in [-0.4, -0.2) is 52.0 Å². The van der Waals surface area contributed by atoms with Crippen LogP contribution >= 0.6 is 12.4 Å². The first-order valence-corrected chi connectivity index (χ1v) is 9.27. The molecule has 1 heterocycles. The Labute approximate surface area is 154 Å². The second-order valence-electron chi connectivity index (χ2n) is 5.98. The Morgan fingerprint density at radius 2 is 2.04 bits per heavy atom. The van der Waals surface area contributed by atoms with Crippen LogP contribution in [0.15, 0.2) is 23.1 Å². The van der Waals surface area contributed by atoms with Crippen LogP contribution in [0.4, 0.5) is 0 Å². The lowest BCUT2D eigenvalue weighted by molar-refractivity contribution is 0.0596. The summed E-state index contributed by atoms with van der Waals surface area (Å²) in [4.78, 5) is 11.9. The molecular formula is C16H25ClN2O5S. The standard InChI is InChI=1S/C16H24N2O5S.ClH/c1-11(17)12-5-4-8-18(10-12)24(20,21)13-6-7-15(22-2)14(9-13)16(19)23-3;/h6-7,9,11-12H,4-5,8,10,17H2,1-3H3;1H. The first kappa shape index (κ1) is 21.7. The average Bonchev–Trinajstić information content (AvgIpc) is 2.60. The predicted molar refractivity (Wildman–Crippen MR) is 96.7 cm³/mol. The fourth-order valence-electron chi connectivity index (χ4n) is 2.89. The Morgan fingerprint density at radius 3 is 2.60 bits per heavy atom. The zero-order valence-corrected chi connectivity index (χ0v) is 16.2. The van der Waals surface area contributed by atoms with Gasteiger partial charge >= 0.3 is 5.97 Å². The molecule has 142 valence electrons. The van der Waals surface area contributed by atoms with Crippen LogP contribution in [0.2, 0.25) is 0 Å². The number of halogens is 1. The molecule has 1 aliphatic rings. The van der Waals surface area contributed by atoms with E-state index in [4.69, 9.17) is 15.2 Å². The third-order valence-electron chi connectivity index (χ3n) is 4.38. The molecule has 0 radical (unpaired) electrons. The number of methoxy groups -OCH3 is 2. The van der Waals surface area contributed by atoms with Gasteiger partial charge in [0.2, 0.25) is 10.0 Å². The molecule has 0 aliphatic carbocycles. The van der Waals surface area contributed by atoms with Crippen LogP contribution in [0.5, 0.6) is 5.75 Å². The van der Waals surface area contributed by atoms with Crippen LogP contribution in [0.1, 0.15) is 30.1 Å². The Hall–Kier alpha value is -1.35. The third-order valence-corrected chi connectivity index (χ3v) is 6.24. The van der Waals surface area contributed by atoms with E-state index in [1.807, 2.05) is 6.92 Å². The molecular weight excluding hydrogens is 368 g/mol. The second-order valence-corrected chi connectivity index (χ2v) is 7.92. The first-order valence-electron chi connectivity index (χ1n) is 7.83. The fraction of sp³-hybridized carbons (Fsp3) is 0.562. The minimum atomic E-state index is -3.70. The van der Waals surface area contributed by atoms with Gasteiger partial charge in [0.1, 0.15) is 11.3 Å². The minimum absolute atomic E-state index is 0. The SMILES string of the molecule is COC(=O)c1cc(S(=O)(=O)N2CCCC(C(C)N)C2)ccc1OC.Cl. The molecule has 1 saturated heterocycles. The summed E-state index contributed by atoms with van der Waals surface area (Å²) in [5.41, 5.74) is 6.02. The van der Waals surface area contributed by atoms with Crippen molar-refractivity contribution in [2.75, 3.05) is 27.3 Å². The van der Waals surface area contributed by atoms with E-state index in [2.05, 4.69) is 0 Å². The van der Waals surface area contributed by atoms with E-state index >= 15 is 0 Å². The molecule has 2 N–H and O–H groups in total. The Bertz CT molecular complexity index is 708. The highest BCUT2D eigenvalue weighted by atomic mass is 35.5. The van der Waals surface area contributed by atoms with Gasteiger partial charge in [0.15, 0.2) is 0 Å². The topological polar surface area (TPSA) is 98.9 Å². The van der Waals surface area contributed by atoms with Gasteiger partial charge in [-0.05, 0) is 43.9 Å². The van der Waals surface area contributed by atoms with E-state index in [0.29, 0.717) is 13.1 Å². The molecule has 0 amide bonds. The minimum Gasteiger partial charge on any atom is -0.496 e. The lowest BCUT2D eigenvalue weighted by Crippen LogP contribution is -2.44. The Balaban J connectivity index is 0.00000312. The molecule has 2 rings (SSSR count). The highest BCUT2D eigenvalue weighted by Crippen LogP contribution is 2.28. The number of sulfonamides is 1. The van der Waals surface area contributed by atoms with E-state index < -0.39 is 16.0 Å². The maximum absolute atomic E-state index is 12.9. The number of nitrogens with two attached hydrogens (primary N) is 1. The quantitative estimate of drug-likeness (QED) is 0.765. The Kier molecular flexibility index (Phi) is 7.67. The molecule has 0 bridgehead atoms. The van der Waals surface area contributed by atoms with Gasteiger partial charge in [-0.3, -0.25) is 0 Å². The summed E-state index contributed by atoms with van der Waals surface area (Å²) < 4.78 is 37.1. The largest absolute Gasteiger partial charge is 0.496 e. The number of benzene rings is 1. The van der Waals surface area contributed by atoms with Gasteiger partial charge in [0.05, 0.1) is 19.1 Å². The number of hydrogen-bond donors (Lipinski definition) is 1. The molecule has 1 aliphatic heterocycles. The monoisotopic (exact) mass is 392 g/mol. The third kappa shape index (κ3) is 4.63. The molecule has 1 aromatic carbocycles. The number of rotatable bonds is 5. The molecule has 25 heavy (non-hydrogen) atoms. The van der Waals surface area contributed by atoms with Crippen molar-refractivity contribution in [3.05, 3.63) is 23.8 Å². The maximum atomic E-state index is 12.9. The number of nitrogens with zero attached hydrogens (tertiary/aromatic N) is 1. The van der Waals surface area contributed by atoms with Crippen LogP contribution in [0.3, 0.4) is 0 Å². The normalized spacial score (nSPS) is 19.6. The van der Waals surface area contributed by atoms with Gasteiger partial charge in [-0.25, -0.2) is 13.2 Å². The molecule has 1 aromatic rings. The van der Waals surface area contributed by atoms with Crippen LogP contribution in [0, 0.1) is 5.92 Å². The van der Waals surface area contributed by atoms with Crippen molar-refractivity contribution in [2.45, 2.75) is 30.7 Å². The molecule has 2 unspecified atom stereocenters. The van der Waals surface area contributed by atoms with Crippen LogP contribution in [-0.2, 0) is 14.8 Å². The summed E-state index contributed by atoms with van der Waals surface area (Å²) in [5, 5.41) is 0. The van der Waals surface area contributed by atoms with Crippen molar-refractivity contribution in [3.8, 4) is 5.75 Å². The number of esters is 1. The summed E-state index contributed by atoms with van der Waals surface area (Å²) >= 11 is 0. The van der Waals surface area contributed by atoms with E-state index in [-0.39, 0.29) is 40.6 Å². The van der Waals surface area contributed by atoms with Gasteiger partial charge in [-0.1, -0.05) is 0 Å². The first-order chi connectivity index (χ1) is 11.3.